The van der Waals surface area contributed by atoms with E-state index in [9.17, 15) is 14.9 Å². The maximum absolute atomic E-state index is 12.1. The van der Waals surface area contributed by atoms with Crippen LogP contribution in [0.3, 0.4) is 0 Å². The Morgan fingerprint density at radius 1 is 1.38 bits per heavy atom. The number of carbonyl (C=O) groups is 1. The van der Waals surface area contributed by atoms with E-state index < -0.39 is 10.8 Å². The summed E-state index contributed by atoms with van der Waals surface area (Å²) < 4.78 is 4.92. The lowest BCUT2D eigenvalue weighted by atomic mass is 10.1. The lowest BCUT2D eigenvalue weighted by Gasteiger charge is -2.09. The van der Waals surface area contributed by atoms with E-state index in [0.717, 1.165) is 12.8 Å². The average Bonchev–Trinajstić information content (AvgIpc) is 2.46. The van der Waals surface area contributed by atoms with Gasteiger partial charge in [0, 0.05) is 26.8 Å². The van der Waals surface area contributed by atoms with Gasteiger partial charge in [-0.3, -0.25) is 14.9 Å². The second kappa shape index (κ2) is 8.91. The topological polar surface area (TPSA) is 93.5 Å². The van der Waals surface area contributed by atoms with Crippen LogP contribution in [0.4, 0.5) is 11.4 Å². The van der Waals surface area contributed by atoms with E-state index in [-0.39, 0.29) is 11.3 Å². The molecule has 0 radical (unpaired) electrons. The number of benzene rings is 1. The zero-order chi connectivity index (χ0) is 15.7. The molecule has 0 spiro atoms. The van der Waals surface area contributed by atoms with E-state index in [0.29, 0.717) is 25.4 Å². The number of unbranched alkanes of at least 4 members (excludes halogenated alkanes) is 1. The highest BCUT2D eigenvalue weighted by Crippen LogP contribution is 2.28. The first-order chi connectivity index (χ1) is 10.1. The molecule has 1 aromatic carbocycles. The molecule has 0 saturated heterocycles. The van der Waals surface area contributed by atoms with Gasteiger partial charge < -0.3 is 15.4 Å². The van der Waals surface area contributed by atoms with Crippen LogP contribution in [0.5, 0.6) is 0 Å². The Bertz CT molecular complexity index is 491. The third-order valence-electron chi connectivity index (χ3n) is 2.89. The molecule has 1 amide bonds. The molecule has 0 bridgehead atoms. The molecular weight excluding hydrogens is 274 g/mol. The fraction of sp³-hybridized carbons (Fsp3) is 0.500. The van der Waals surface area contributed by atoms with Crippen molar-refractivity contribution in [3.8, 4) is 0 Å². The number of hydrogen-bond donors (Lipinski definition) is 2. The highest BCUT2D eigenvalue weighted by Gasteiger charge is 2.23. The minimum absolute atomic E-state index is 0.0743. The molecule has 0 atom stereocenters. The van der Waals surface area contributed by atoms with E-state index >= 15 is 0 Å². The standard InChI is InChI=1S/C14H21N3O4/c1-3-15-12-8-6-7-11(13(12)17(19)20)14(18)16-9-4-5-10-21-2/h6-8,15H,3-5,9-10H2,1-2H3,(H,16,18). The number of nitro benzene ring substituents is 1. The number of amides is 1. The number of ether oxygens (including phenoxy) is 1. The first kappa shape index (κ1) is 16.9. The Morgan fingerprint density at radius 3 is 2.76 bits per heavy atom. The Labute approximate surface area is 123 Å². The first-order valence-electron chi connectivity index (χ1n) is 6.90. The smallest absolute Gasteiger partial charge is 0.305 e. The molecule has 0 unspecified atom stereocenters. The van der Waals surface area contributed by atoms with Crippen LogP contribution in [0.2, 0.25) is 0 Å². The summed E-state index contributed by atoms with van der Waals surface area (Å²) in [5.41, 5.74) is 0.244. The summed E-state index contributed by atoms with van der Waals surface area (Å²) in [4.78, 5) is 22.8. The lowest BCUT2D eigenvalue weighted by Crippen LogP contribution is -2.25. The lowest BCUT2D eigenvalue weighted by molar-refractivity contribution is -0.384. The molecule has 1 aromatic rings. The maximum Gasteiger partial charge on any atom is 0.305 e. The summed E-state index contributed by atoms with van der Waals surface area (Å²) in [7, 11) is 1.62. The molecule has 116 valence electrons. The number of anilines is 1. The van der Waals surface area contributed by atoms with Gasteiger partial charge in [-0.25, -0.2) is 0 Å². The van der Waals surface area contributed by atoms with Crippen molar-refractivity contribution in [2.45, 2.75) is 19.8 Å². The predicted molar refractivity (Wildman–Crippen MR) is 80.7 cm³/mol. The van der Waals surface area contributed by atoms with Gasteiger partial charge in [-0.2, -0.15) is 0 Å². The number of nitrogens with one attached hydrogen (secondary N) is 2. The average molecular weight is 295 g/mol. The molecule has 0 aliphatic heterocycles. The van der Waals surface area contributed by atoms with Gasteiger partial charge in [0.25, 0.3) is 5.91 Å². The fourth-order valence-corrected chi connectivity index (χ4v) is 1.93. The van der Waals surface area contributed by atoms with Crippen LogP contribution < -0.4 is 10.6 Å². The zero-order valence-corrected chi connectivity index (χ0v) is 12.3. The number of rotatable bonds is 9. The van der Waals surface area contributed by atoms with Crippen LogP contribution in [0.15, 0.2) is 18.2 Å². The fourth-order valence-electron chi connectivity index (χ4n) is 1.93. The summed E-state index contributed by atoms with van der Waals surface area (Å²) in [5, 5.41) is 16.8. The van der Waals surface area contributed by atoms with E-state index in [1.807, 2.05) is 6.92 Å². The quantitative estimate of drug-likeness (QED) is 0.414. The highest BCUT2D eigenvalue weighted by molar-refractivity contribution is 6.00. The number of methoxy groups -OCH3 is 1. The summed E-state index contributed by atoms with van der Waals surface area (Å²) in [5.74, 6) is -0.432. The Balaban J connectivity index is 2.78. The summed E-state index contributed by atoms with van der Waals surface area (Å²) in [6, 6.07) is 4.69. The number of hydrogen-bond acceptors (Lipinski definition) is 5. The predicted octanol–water partition coefficient (Wildman–Crippen LogP) is 2.18. The molecule has 0 aromatic heterocycles. The maximum atomic E-state index is 12.1. The van der Waals surface area contributed by atoms with Gasteiger partial charge in [0.15, 0.2) is 0 Å². The van der Waals surface area contributed by atoms with Crippen LogP contribution in [0.1, 0.15) is 30.1 Å². The van der Waals surface area contributed by atoms with Crippen molar-refractivity contribution < 1.29 is 14.5 Å². The summed E-state index contributed by atoms with van der Waals surface area (Å²) in [6.07, 6.45) is 1.59. The van der Waals surface area contributed by atoms with Crippen molar-refractivity contribution in [2.75, 3.05) is 32.1 Å². The molecule has 7 heteroatoms. The van der Waals surface area contributed by atoms with Gasteiger partial charge in [-0.1, -0.05) is 6.07 Å². The Hall–Kier alpha value is -2.15. The van der Waals surface area contributed by atoms with Crippen molar-refractivity contribution >= 4 is 17.3 Å². The van der Waals surface area contributed by atoms with Crippen LogP contribution in [0.25, 0.3) is 0 Å². The molecule has 0 aliphatic carbocycles. The minimum Gasteiger partial charge on any atom is -0.385 e. The number of nitrogens with zero attached hydrogens (tertiary/aromatic N) is 1. The van der Waals surface area contributed by atoms with Crippen molar-refractivity contribution in [3.05, 3.63) is 33.9 Å². The van der Waals surface area contributed by atoms with Crippen molar-refractivity contribution in [1.29, 1.82) is 0 Å². The molecule has 21 heavy (non-hydrogen) atoms. The van der Waals surface area contributed by atoms with Crippen molar-refractivity contribution in [3.63, 3.8) is 0 Å². The third kappa shape index (κ3) is 5.03. The summed E-state index contributed by atoms with van der Waals surface area (Å²) in [6.45, 7) is 3.48. The molecule has 0 heterocycles. The highest BCUT2D eigenvalue weighted by atomic mass is 16.6. The Morgan fingerprint density at radius 2 is 2.14 bits per heavy atom. The van der Waals surface area contributed by atoms with Crippen LogP contribution in [-0.2, 0) is 4.74 Å². The Kier molecular flexibility index (Phi) is 7.17. The van der Waals surface area contributed by atoms with E-state index in [1.165, 1.54) is 6.07 Å². The largest absolute Gasteiger partial charge is 0.385 e. The molecule has 7 nitrogen and oxygen atoms in total. The third-order valence-corrected chi connectivity index (χ3v) is 2.89. The molecule has 1 rings (SSSR count). The number of carbonyl (C=O) groups excluding carboxylic acids is 1. The van der Waals surface area contributed by atoms with Crippen LogP contribution >= 0.6 is 0 Å². The first-order valence-corrected chi connectivity index (χ1v) is 6.90. The minimum atomic E-state index is -0.530. The van der Waals surface area contributed by atoms with Gasteiger partial charge in [-0.15, -0.1) is 0 Å². The second-order valence-corrected chi connectivity index (χ2v) is 4.44. The number of nitro groups is 1. The molecule has 0 saturated carbocycles. The molecule has 2 N–H and O–H groups in total. The van der Waals surface area contributed by atoms with E-state index in [2.05, 4.69) is 10.6 Å². The van der Waals surface area contributed by atoms with Gasteiger partial charge >= 0.3 is 5.69 Å². The van der Waals surface area contributed by atoms with Crippen molar-refractivity contribution in [1.82, 2.24) is 5.32 Å². The normalized spacial score (nSPS) is 10.2. The van der Waals surface area contributed by atoms with Gasteiger partial charge in [-0.05, 0) is 31.9 Å². The molecular formula is C14H21N3O4. The van der Waals surface area contributed by atoms with E-state index in [4.69, 9.17) is 4.74 Å². The van der Waals surface area contributed by atoms with Gasteiger partial charge in [0.2, 0.25) is 0 Å². The van der Waals surface area contributed by atoms with Crippen molar-refractivity contribution in [2.24, 2.45) is 0 Å². The van der Waals surface area contributed by atoms with Crippen LogP contribution in [0, 0.1) is 10.1 Å². The SMILES string of the molecule is CCNc1cccc(C(=O)NCCCCOC)c1[N+](=O)[O-]. The van der Waals surface area contributed by atoms with Gasteiger partial charge in [0.05, 0.1) is 4.92 Å². The molecule has 0 aliphatic rings. The second-order valence-electron chi connectivity index (χ2n) is 4.44. The summed E-state index contributed by atoms with van der Waals surface area (Å²) >= 11 is 0. The van der Waals surface area contributed by atoms with E-state index in [1.54, 1.807) is 19.2 Å². The number of para-hydroxylation sites is 1. The monoisotopic (exact) mass is 295 g/mol. The zero-order valence-electron chi connectivity index (χ0n) is 12.3. The van der Waals surface area contributed by atoms with Gasteiger partial charge in [0.1, 0.15) is 11.3 Å². The molecule has 0 fully saturated rings. The van der Waals surface area contributed by atoms with Crippen LogP contribution in [-0.4, -0.2) is 37.6 Å².